The molecule has 4 rings (SSSR count). The summed E-state index contributed by atoms with van der Waals surface area (Å²) < 4.78 is 29.6. The van der Waals surface area contributed by atoms with E-state index in [1.54, 1.807) is 31.2 Å². The third kappa shape index (κ3) is 4.04. The van der Waals surface area contributed by atoms with Crippen molar-refractivity contribution in [1.29, 1.82) is 5.26 Å². The molecule has 2 atom stereocenters. The summed E-state index contributed by atoms with van der Waals surface area (Å²) in [6.07, 6.45) is 5.12. The van der Waals surface area contributed by atoms with Crippen LogP contribution in [0.4, 0.5) is 5.69 Å². The summed E-state index contributed by atoms with van der Waals surface area (Å²) in [5, 5.41) is 30.1. The number of aromatic nitrogens is 5. The molecule has 0 radical (unpaired) electrons. The predicted molar refractivity (Wildman–Crippen MR) is 120 cm³/mol. The minimum Gasteiger partial charge on any atom is -0.501 e. The van der Waals surface area contributed by atoms with E-state index in [9.17, 15) is 20.0 Å². The molecule has 0 aliphatic rings. The number of aromatic hydroxyl groups is 1. The Hall–Kier alpha value is -4.72. The number of nitrogens with one attached hydrogen (secondary N) is 1. The molecule has 0 aliphatic carbocycles. The van der Waals surface area contributed by atoms with E-state index in [2.05, 4.69) is 31.1 Å². The van der Waals surface area contributed by atoms with Gasteiger partial charge in [0.2, 0.25) is 5.75 Å². The van der Waals surface area contributed by atoms with Gasteiger partial charge < -0.3 is 14.9 Å². The van der Waals surface area contributed by atoms with Crippen LogP contribution >= 0.6 is 0 Å². The van der Waals surface area contributed by atoms with Gasteiger partial charge in [0.15, 0.2) is 5.69 Å². The highest BCUT2D eigenvalue weighted by Crippen LogP contribution is 2.38. The Kier molecular flexibility index (Phi) is 5.00. The number of nitriles is 1. The number of aryl methyl sites for hydroxylation is 1. The molecule has 0 saturated heterocycles. The van der Waals surface area contributed by atoms with Crippen LogP contribution in [0.1, 0.15) is 55.9 Å². The van der Waals surface area contributed by atoms with Gasteiger partial charge in [0, 0.05) is 36.2 Å². The topological polar surface area (TPSA) is 152 Å². The van der Waals surface area contributed by atoms with Gasteiger partial charge in [-0.15, -0.1) is 0 Å². The summed E-state index contributed by atoms with van der Waals surface area (Å²) in [7, 11) is 1.39. The largest absolute Gasteiger partial charge is 0.501 e. The van der Waals surface area contributed by atoms with E-state index in [-0.39, 0.29) is 11.5 Å². The quantitative estimate of drug-likeness (QED) is 0.443. The molecule has 0 aliphatic heterocycles. The first-order chi connectivity index (χ1) is 17.5. The lowest BCUT2D eigenvalue weighted by Gasteiger charge is -2.26. The highest BCUT2D eigenvalue weighted by atomic mass is 16.5. The molecular formula is C23H21N7O4. The van der Waals surface area contributed by atoms with Gasteiger partial charge in [0.1, 0.15) is 17.8 Å². The lowest BCUT2D eigenvalue weighted by atomic mass is 9.80. The van der Waals surface area contributed by atoms with E-state index in [1.807, 2.05) is 0 Å². The number of benzene rings is 1. The van der Waals surface area contributed by atoms with Crippen molar-refractivity contribution in [1.82, 2.24) is 24.5 Å². The van der Waals surface area contributed by atoms with Crippen LogP contribution in [-0.4, -0.2) is 35.5 Å². The average Bonchev–Trinajstić information content (AvgIpc) is 3.55. The van der Waals surface area contributed by atoms with Crippen LogP contribution in [0, 0.1) is 11.3 Å². The molecule has 4 aromatic rings. The van der Waals surface area contributed by atoms with Gasteiger partial charge >= 0.3 is 0 Å². The number of carbonyl (C=O) groups excluding carboxylic acids is 1. The van der Waals surface area contributed by atoms with Crippen LogP contribution in [0.25, 0.3) is 0 Å². The lowest BCUT2D eigenvalue weighted by molar-refractivity contribution is 0.101. The van der Waals surface area contributed by atoms with Crippen LogP contribution in [-0.2, 0) is 14.0 Å². The fourth-order valence-corrected chi connectivity index (χ4v) is 3.88. The number of hydrogen-bond acceptors (Lipinski definition) is 8. The number of anilines is 1. The van der Waals surface area contributed by atoms with Gasteiger partial charge in [0.25, 0.3) is 11.5 Å². The maximum Gasteiger partial charge on any atom is 0.296 e. The molecule has 0 spiro atoms. The second kappa shape index (κ2) is 9.03. The average molecular weight is 462 g/mol. The monoisotopic (exact) mass is 462 g/mol. The highest BCUT2D eigenvalue weighted by Gasteiger charge is 2.31. The summed E-state index contributed by atoms with van der Waals surface area (Å²) >= 11 is 0. The van der Waals surface area contributed by atoms with Crippen molar-refractivity contribution >= 4 is 11.6 Å². The third-order valence-corrected chi connectivity index (χ3v) is 5.49. The van der Waals surface area contributed by atoms with Crippen LogP contribution in [0.3, 0.4) is 0 Å². The molecule has 0 saturated carbocycles. The van der Waals surface area contributed by atoms with Gasteiger partial charge in [-0.1, -0.05) is 30.3 Å². The molecule has 0 unspecified atom stereocenters. The van der Waals surface area contributed by atoms with E-state index in [1.165, 1.54) is 25.6 Å². The summed E-state index contributed by atoms with van der Waals surface area (Å²) in [6, 6.07) is 8.88. The van der Waals surface area contributed by atoms with Crippen LogP contribution in [0.2, 0.25) is 0 Å². The Morgan fingerprint density at radius 1 is 1.35 bits per heavy atom. The molecule has 11 nitrogen and oxygen atoms in total. The number of amides is 1. The first-order valence-electron chi connectivity index (χ1n) is 11.6. The van der Waals surface area contributed by atoms with Gasteiger partial charge in [-0.2, -0.15) is 10.4 Å². The minimum absolute atomic E-state index is 0.109. The van der Waals surface area contributed by atoms with Crippen molar-refractivity contribution in [3.63, 3.8) is 0 Å². The zero-order chi connectivity index (χ0) is 26.9. The van der Waals surface area contributed by atoms with E-state index < -0.39 is 41.7 Å². The molecule has 3 aromatic heterocycles. The summed E-state index contributed by atoms with van der Waals surface area (Å²) in [4.78, 5) is 30.0. The smallest absolute Gasteiger partial charge is 0.296 e. The first-order valence-corrected chi connectivity index (χ1v) is 10.1. The minimum atomic E-state index is -2.53. The number of hydrogen-bond donors (Lipinski definition) is 2. The lowest BCUT2D eigenvalue weighted by Crippen LogP contribution is -2.29. The SMILES string of the molecule is [2H]C([2H])([2H])n1cc([C@H](c2ccccc2C#N)[C@@H](C)c2nc(C(=O)Nc3cnoc3)c(O)c(=O)n2C)cn1. The molecule has 1 amide bonds. The van der Waals surface area contributed by atoms with E-state index in [0.717, 1.165) is 15.5 Å². The Morgan fingerprint density at radius 2 is 2.15 bits per heavy atom. The fourth-order valence-electron chi connectivity index (χ4n) is 3.88. The summed E-state index contributed by atoms with van der Waals surface area (Å²) in [5.74, 6) is -2.99. The van der Waals surface area contributed by atoms with Crippen LogP contribution < -0.4 is 10.9 Å². The molecular weight excluding hydrogens is 438 g/mol. The molecule has 172 valence electrons. The van der Waals surface area contributed by atoms with Gasteiger partial charge in [-0.3, -0.25) is 18.8 Å². The normalized spacial score (nSPS) is 14.3. The third-order valence-electron chi connectivity index (χ3n) is 5.49. The van der Waals surface area contributed by atoms with Gasteiger partial charge in [-0.25, -0.2) is 4.98 Å². The Bertz CT molecular complexity index is 1550. The van der Waals surface area contributed by atoms with E-state index in [4.69, 9.17) is 4.11 Å². The zero-order valence-corrected chi connectivity index (χ0v) is 18.1. The molecule has 11 heteroatoms. The summed E-state index contributed by atoms with van der Waals surface area (Å²) in [6.45, 7) is -0.816. The molecule has 3 heterocycles. The highest BCUT2D eigenvalue weighted by molar-refractivity contribution is 6.04. The molecule has 34 heavy (non-hydrogen) atoms. The number of carbonyl (C=O) groups is 1. The summed E-state index contributed by atoms with van der Waals surface area (Å²) in [5.41, 5.74) is 0.133. The van der Waals surface area contributed by atoms with E-state index in [0.29, 0.717) is 16.7 Å². The maximum absolute atomic E-state index is 12.9. The second-order valence-corrected chi connectivity index (χ2v) is 7.58. The van der Waals surface area contributed by atoms with Gasteiger partial charge in [-0.05, 0) is 17.2 Å². The number of rotatable bonds is 6. The second-order valence-electron chi connectivity index (χ2n) is 7.58. The molecule has 0 bridgehead atoms. The zero-order valence-electron chi connectivity index (χ0n) is 21.1. The van der Waals surface area contributed by atoms with Crippen LogP contribution in [0.5, 0.6) is 5.75 Å². The van der Waals surface area contributed by atoms with Crippen molar-refractivity contribution < 1.29 is 18.5 Å². The van der Waals surface area contributed by atoms with Crippen LogP contribution in [0.15, 0.2) is 58.4 Å². The maximum atomic E-state index is 12.9. The van der Waals surface area contributed by atoms with Gasteiger partial charge in [0.05, 0.1) is 24.0 Å². The molecule has 0 fully saturated rings. The van der Waals surface area contributed by atoms with Crippen molar-refractivity contribution in [2.45, 2.75) is 18.8 Å². The van der Waals surface area contributed by atoms with Crippen molar-refractivity contribution in [2.75, 3.05) is 5.32 Å². The van der Waals surface area contributed by atoms with Crippen molar-refractivity contribution in [2.24, 2.45) is 14.0 Å². The Balaban J connectivity index is 1.87. The fraction of sp³-hybridized carbons (Fsp3) is 0.217. The Morgan fingerprint density at radius 3 is 2.82 bits per heavy atom. The standard InChI is InChI=1S/C23H21N7O4/c1-13(18(15-9-25-29(2)11-15)17-7-5-4-6-14(17)8-24)21-28-19(20(31)23(33)30(21)3)22(32)27-16-10-26-34-12-16/h4-7,9-13,18,31H,1-3H3,(H,27,32)/t13-,18-/m1/s1/i2D3. The first kappa shape index (κ1) is 18.8. The Labute approximate surface area is 198 Å². The number of nitrogens with zero attached hydrogens (tertiary/aromatic N) is 6. The van der Waals surface area contributed by atoms with Crippen molar-refractivity contribution in [3.05, 3.63) is 87.7 Å². The predicted octanol–water partition coefficient (Wildman–Crippen LogP) is 2.27. The van der Waals surface area contributed by atoms with Crippen molar-refractivity contribution in [3.8, 4) is 11.8 Å². The molecule has 1 aromatic carbocycles. The van der Waals surface area contributed by atoms with E-state index >= 15 is 0 Å². The molecule has 2 N–H and O–H groups in total.